The normalized spacial score (nSPS) is 14.0. The number of nitrogens with zero attached hydrogens (tertiary/aromatic N) is 1. The summed E-state index contributed by atoms with van der Waals surface area (Å²) in [6.45, 7) is 4.30. The lowest BCUT2D eigenvalue weighted by atomic mass is 10.0. The smallest absolute Gasteiger partial charge is 0.462 e. The van der Waals surface area contributed by atoms with E-state index >= 15 is 0 Å². The van der Waals surface area contributed by atoms with Gasteiger partial charge in [0.2, 0.25) is 0 Å². The topological polar surface area (TPSA) is 108 Å². The van der Waals surface area contributed by atoms with E-state index < -0.39 is 26.5 Å². The molecule has 10 heteroatoms. The summed E-state index contributed by atoms with van der Waals surface area (Å²) < 4.78 is 34.5. The fourth-order valence-corrected chi connectivity index (χ4v) is 8.28. The van der Waals surface area contributed by atoms with Crippen molar-refractivity contribution in [3.63, 3.8) is 0 Å². The Labute approximate surface area is 431 Å². The van der Waals surface area contributed by atoms with E-state index in [1.807, 2.05) is 21.1 Å². The highest BCUT2D eigenvalue weighted by Crippen LogP contribution is 2.43. The number of carbonyl (C=O) groups is 2. The molecular weight excluding hydrogens is 894 g/mol. The molecule has 0 rings (SSSR count). The van der Waals surface area contributed by atoms with E-state index in [9.17, 15) is 19.0 Å². The van der Waals surface area contributed by atoms with Crippen LogP contribution in [-0.2, 0) is 32.7 Å². The van der Waals surface area contributed by atoms with Crippen LogP contribution in [0.15, 0.2) is 85.1 Å². The van der Waals surface area contributed by atoms with Crippen LogP contribution < -0.4 is 0 Å². The maximum atomic E-state index is 12.8. The van der Waals surface area contributed by atoms with E-state index in [4.69, 9.17) is 18.5 Å². The molecule has 0 aliphatic carbocycles. The minimum absolute atomic E-state index is 0.0254. The van der Waals surface area contributed by atoms with E-state index in [0.717, 1.165) is 89.9 Å². The van der Waals surface area contributed by atoms with Gasteiger partial charge in [0.1, 0.15) is 19.8 Å². The molecule has 0 aliphatic heterocycles. The number of unbranched alkanes of at least 4 members (excludes halogenated alkanes) is 23. The third-order valence-corrected chi connectivity index (χ3v) is 12.9. The molecule has 0 spiro atoms. The van der Waals surface area contributed by atoms with Crippen molar-refractivity contribution in [2.75, 3.05) is 47.5 Å². The van der Waals surface area contributed by atoms with Gasteiger partial charge in [-0.15, -0.1) is 0 Å². The molecule has 0 amide bonds. The van der Waals surface area contributed by atoms with Gasteiger partial charge >= 0.3 is 19.8 Å². The zero-order valence-corrected chi connectivity index (χ0v) is 46.6. The molecule has 0 aromatic carbocycles. The summed E-state index contributed by atoms with van der Waals surface area (Å²) in [4.78, 5) is 35.7. The Morgan fingerprint density at radius 2 is 0.814 bits per heavy atom. The van der Waals surface area contributed by atoms with Crippen LogP contribution in [0.25, 0.3) is 0 Å². The highest BCUT2D eigenvalue weighted by molar-refractivity contribution is 7.47. The van der Waals surface area contributed by atoms with Gasteiger partial charge in [-0.3, -0.25) is 18.6 Å². The molecule has 2 unspecified atom stereocenters. The van der Waals surface area contributed by atoms with Gasteiger partial charge in [0.05, 0.1) is 27.7 Å². The predicted molar refractivity (Wildman–Crippen MR) is 298 cm³/mol. The van der Waals surface area contributed by atoms with Crippen molar-refractivity contribution in [3.8, 4) is 0 Å². The van der Waals surface area contributed by atoms with Gasteiger partial charge in [0, 0.05) is 12.8 Å². The molecule has 2 atom stereocenters. The molecule has 0 bridgehead atoms. The molecule has 0 radical (unpaired) electrons. The first kappa shape index (κ1) is 67.2. The Balaban J connectivity index is 4.22. The molecule has 0 heterocycles. The molecule has 0 aromatic heterocycles. The van der Waals surface area contributed by atoms with Crippen molar-refractivity contribution in [3.05, 3.63) is 85.1 Å². The highest BCUT2D eigenvalue weighted by atomic mass is 31.2. The summed E-state index contributed by atoms with van der Waals surface area (Å²) in [5.41, 5.74) is 0. The SMILES string of the molecule is CC/C=C\C/C=C\C/C=C\C/C=C\CCCCCCCCCCCCCCC(=O)OC(COC(=O)CCCCCCCC/C=C\C/C=C\C/C=C\CCCCCCC)COP(=O)(O)OCC[N+](C)(C)C. The third-order valence-electron chi connectivity index (χ3n) is 11.9. The first-order valence-electron chi connectivity index (χ1n) is 28.3. The summed E-state index contributed by atoms with van der Waals surface area (Å²) in [6.07, 6.45) is 67.8. The second-order valence-electron chi connectivity index (χ2n) is 19.9. The van der Waals surface area contributed by atoms with E-state index in [1.165, 1.54) is 109 Å². The number of allylic oxidation sites excluding steroid dienone is 14. The van der Waals surface area contributed by atoms with Gasteiger partial charge in [-0.25, -0.2) is 4.57 Å². The van der Waals surface area contributed by atoms with Crippen molar-refractivity contribution in [1.29, 1.82) is 0 Å². The van der Waals surface area contributed by atoms with Crippen molar-refractivity contribution in [1.82, 2.24) is 0 Å². The number of phosphoric ester groups is 1. The standard InChI is InChI=1S/C60H106NO8P/c1-6-8-10-12-14-16-18-20-22-24-26-28-29-30-31-33-35-37-39-41-43-45-47-49-51-53-60(63)69-58(57-68-70(64,65)67-55-54-61(3,4)5)56-66-59(62)52-50-48-46-44-42-40-38-36-34-32-27-25-23-21-19-17-15-13-11-9-7-2/h8,10,14,16,19-22,25-28,34,36,58H,6-7,9,11-13,15,17-18,23-24,29-33,35,37-57H2,1-5H3/p+1/b10-8-,16-14-,21-19-,22-20-,27-25-,28-26-,36-34-. The number of esters is 2. The van der Waals surface area contributed by atoms with Crippen LogP contribution in [0.4, 0.5) is 0 Å². The van der Waals surface area contributed by atoms with Gasteiger partial charge in [0.25, 0.3) is 0 Å². The summed E-state index contributed by atoms with van der Waals surface area (Å²) >= 11 is 0. The second kappa shape index (κ2) is 51.1. The first-order chi connectivity index (χ1) is 34.0. The fraction of sp³-hybridized carbons (Fsp3) is 0.733. The van der Waals surface area contributed by atoms with E-state index in [1.54, 1.807) is 0 Å². The molecule has 0 aromatic rings. The van der Waals surface area contributed by atoms with Crippen molar-refractivity contribution >= 4 is 19.8 Å². The molecule has 0 aliphatic rings. The minimum atomic E-state index is -4.39. The Hall–Kier alpha value is -2.81. The number of likely N-dealkylation sites (N-methyl/N-ethyl adjacent to an activating group) is 1. The molecule has 70 heavy (non-hydrogen) atoms. The van der Waals surface area contributed by atoms with Crippen molar-refractivity contribution < 1.29 is 42.1 Å². The average Bonchev–Trinajstić information content (AvgIpc) is 3.32. The molecule has 9 nitrogen and oxygen atoms in total. The molecule has 0 saturated carbocycles. The Morgan fingerprint density at radius 3 is 1.21 bits per heavy atom. The van der Waals surface area contributed by atoms with Crippen molar-refractivity contribution in [2.24, 2.45) is 0 Å². The molecular formula is C60H107NO8P+. The van der Waals surface area contributed by atoms with Crippen LogP contribution in [0.3, 0.4) is 0 Å². The summed E-state index contributed by atoms with van der Waals surface area (Å²) in [6, 6.07) is 0. The number of hydrogen-bond donors (Lipinski definition) is 1. The van der Waals surface area contributed by atoms with Crippen LogP contribution in [0.1, 0.15) is 232 Å². The minimum Gasteiger partial charge on any atom is -0.462 e. The quantitative estimate of drug-likeness (QED) is 0.0211. The van der Waals surface area contributed by atoms with Crippen LogP contribution in [0, 0.1) is 0 Å². The largest absolute Gasteiger partial charge is 0.472 e. The van der Waals surface area contributed by atoms with Crippen LogP contribution in [0.5, 0.6) is 0 Å². The maximum Gasteiger partial charge on any atom is 0.472 e. The number of quaternary nitrogens is 1. The van der Waals surface area contributed by atoms with Crippen LogP contribution >= 0.6 is 7.82 Å². The average molecular weight is 1000 g/mol. The highest BCUT2D eigenvalue weighted by Gasteiger charge is 2.27. The van der Waals surface area contributed by atoms with Crippen LogP contribution in [0.2, 0.25) is 0 Å². The van der Waals surface area contributed by atoms with E-state index in [-0.39, 0.29) is 32.0 Å². The molecule has 0 saturated heterocycles. The zero-order valence-electron chi connectivity index (χ0n) is 45.7. The third kappa shape index (κ3) is 54.5. The Kier molecular flexibility index (Phi) is 49.1. The summed E-state index contributed by atoms with van der Waals surface area (Å²) in [7, 11) is 1.46. The number of hydrogen-bond acceptors (Lipinski definition) is 7. The van der Waals surface area contributed by atoms with Gasteiger partial charge < -0.3 is 18.9 Å². The zero-order chi connectivity index (χ0) is 51.3. The lowest BCUT2D eigenvalue weighted by Gasteiger charge is -2.24. The lowest BCUT2D eigenvalue weighted by Crippen LogP contribution is -2.37. The molecule has 0 fully saturated rings. The fourth-order valence-electron chi connectivity index (χ4n) is 7.54. The number of ether oxygens (including phenoxy) is 2. The molecule has 404 valence electrons. The first-order valence-corrected chi connectivity index (χ1v) is 29.8. The van der Waals surface area contributed by atoms with Crippen LogP contribution in [-0.4, -0.2) is 74.9 Å². The van der Waals surface area contributed by atoms with Gasteiger partial charge in [-0.1, -0.05) is 214 Å². The van der Waals surface area contributed by atoms with Crippen molar-refractivity contribution in [2.45, 2.75) is 238 Å². The van der Waals surface area contributed by atoms with Gasteiger partial charge in [-0.2, -0.15) is 0 Å². The number of rotatable bonds is 51. The second-order valence-corrected chi connectivity index (χ2v) is 21.4. The Bertz CT molecular complexity index is 1460. The predicted octanol–water partition coefficient (Wildman–Crippen LogP) is 17.5. The summed E-state index contributed by atoms with van der Waals surface area (Å²) in [5.74, 6) is -0.815. The Morgan fingerprint density at radius 1 is 0.457 bits per heavy atom. The maximum absolute atomic E-state index is 12.8. The summed E-state index contributed by atoms with van der Waals surface area (Å²) in [5, 5.41) is 0. The monoisotopic (exact) mass is 1000 g/mol. The van der Waals surface area contributed by atoms with E-state index in [2.05, 4.69) is 98.9 Å². The van der Waals surface area contributed by atoms with Gasteiger partial charge in [-0.05, 0) is 89.9 Å². The number of carbonyl (C=O) groups excluding carboxylic acids is 2. The lowest BCUT2D eigenvalue weighted by molar-refractivity contribution is -0.870. The number of phosphoric acid groups is 1. The van der Waals surface area contributed by atoms with Gasteiger partial charge in [0.15, 0.2) is 6.10 Å². The molecule has 1 N–H and O–H groups in total. The van der Waals surface area contributed by atoms with E-state index in [0.29, 0.717) is 17.4 Å².